The maximum atomic E-state index is 13.5. The van der Waals surface area contributed by atoms with E-state index in [1.165, 1.54) is 12.1 Å². The van der Waals surface area contributed by atoms with Crippen LogP contribution in [0.1, 0.15) is 37.4 Å². The van der Waals surface area contributed by atoms with Crippen LogP contribution in [-0.2, 0) is 4.79 Å². The summed E-state index contributed by atoms with van der Waals surface area (Å²) in [5.41, 5.74) is 2.59. The second kappa shape index (κ2) is 8.28. The van der Waals surface area contributed by atoms with E-state index in [-0.39, 0.29) is 29.6 Å². The van der Waals surface area contributed by atoms with E-state index in [2.05, 4.69) is 20.7 Å². The molecule has 0 aliphatic carbocycles. The molecule has 1 atom stereocenters. The van der Waals surface area contributed by atoms with Crippen molar-refractivity contribution in [1.29, 1.82) is 0 Å². The molecule has 0 fully saturated rings. The fraction of sp³-hybridized carbons (Fsp3) is 0.227. The Bertz CT molecular complexity index is 1090. The number of fused-ring (bicyclic) bond motifs is 1. The van der Waals surface area contributed by atoms with Gasteiger partial charge in [-0.1, -0.05) is 49.7 Å². The van der Waals surface area contributed by atoms with Gasteiger partial charge >= 0.3 is 0 Å². The molecule has 3 aromatic rings. The van der Waals surface area contributed by atoms with E-state index in [9.17, 15) is 9.18 Å². The van der Waals surface area contributed by atoms with E-state index < -0.39 is 0 Å². The van der Waals surface area contributed by atoms with Gasteiger partial charge in [-0.05, 0) is 47.4 Å². The first-order chi connectivity index (χ1) is 14.4. The number of halogens is 2. The summed E-state index contributed by atoms with van der Waals surface area (Å²) < 4.78 is 15.1. The van der Waals surface area contributed by atoms with Crippen LogP contribution in [0.15, 0.2) is 54.6 Å². The summed E-state index contributed by atoms with van der Waals surface area (Å²) in [4.78, 5) is 16.6. The van der Waals surface area contributed by atoms with Crippen LogP contribution in [-0.4, -0.2) is 20.7 Å². The van der Waals surface area contributed by atoms with Gasteiger partial charge in [0.15, 0.2) is 0 Å². The quantitative estimate of drug-likeness (QED) is 0.595. The van der Waals surface area contributed by atoms with Gasteiger partial charge in [-0.15, -0.1) is 5.10 Å². The Morgan fingerprint density at radius 1 is 1.20 bits per heavy atom. The summed E-state index contributed by atoms with van der Waals surface area (Å²) in [7, 11) is 0. The molecule has 8 heteroatoms. The first-order valence-electron chi connectivity index (χ1n) is 9.65. The minimum atomic E-state index is -0.323. The van der Waals surface area contributed by atoms with Crippen molar-refractivity contribution in [3.63, 3.8) is 0 Å². The van der Waals surface area contributed by atoms with Crippen LogP contribution in [0.4, 0.5) is 16.3 Å². The molecule has 4 rings (SSSR count). The predicted octanol–water partition coefficient (Wildman–Crippen LogP) is 5.11. The second-order valence-corrected chi connectivity index (χ2v) is 7.99. The smallest absolute Gasteiger partial charge is 0.250 e. The molecule has 0 radical (unpaired) electrons. The summed E-state index contributed by atoms with van der Waals surface area (Å²) in [6, 6.07) is 13.3. The van der Waals surface area contributed by atoms with Crippen LogP contribution in [0, 0.1) is 11.7 Å². The number of hydrogen-bond donors (Lipinski definition) is 2. The van der Waals surface area contributed by atoms with E-state index in [1.807, 2.05) is 44.2 Å². The van der Waals surface area contributed by atoms with Gasteiger partial charge in [0.25, 0.3) is 5.95 Å². The highest BCUT2D eigenvalue weighted by molar-refractivity contribution is 6.30. The van der Waals surface area contributed by atoms with Crippen molar-refractivity contribution in [3.05, 3.63) is 76.6 Å². The Morgan fingerprint density at radius 3 is 2.57 bits per heavy atom. The first-order valence-corrected chi connectivity index (χ1v) is 10.0. The molecule has 2 heterocycles. The van der Waals surface area contributed by atoms with Crippen molar-refractivity contribution in [2.75, 3.05) is 10.6 Å². The molecule has 0 bridgehead atoms. The van der Waals surface area contributed by atoms with E-state index in [4.69, 9.17) is 11.6 Å². The van der Waals surface area contributed by atoms with Gasteiger partial charge in [-0.2, -0.15) is 4.98 Å². The first kappa shape index (κ1) is 20.1. The van der Waals surface area contributed by atoms with Gasteiger partial charge in [-0.3, -0.25) is 10.1 Å². The molecule has 2 aromatic carbocycles. The largest absolute Gasteiger partial charge is 0.324 e. The van der Waals surface area contributed by atoms with Crippen molar-refractivity contribution in [2.24, 2.45) is 5.92 Å². The van der Waals surface area contributed by atoms with E-state index >= 15 is 0 Å². The monoisotopic (exact) mass is 425 g/mol. The lowest BCUT2D eigenvalue weighted by atomic mass is 10.0. The summed E-state index contributed by atoms with van der Waals surface area (Å²) in [5, 5.41) is 11.1. The van der Waals surface area contributed by atoms with E-state index in [1.54, 1.807) is 16.8 Å². The number of nitrogens with one attached hydrogen (secondary N) is 2. The molecule has 2 N–H and O–H groups in total. The third-order valence-corrected chi connectivity index (χ3v) is 4.93. The number of allylic oxidation sites excluding steroid dienone is 1. The van der Waals surface area contributed by atoms with Crippen LogP contribution in [0.2, 0.25) is 5.02 Å². The van der Waals surface area contributed by atoms with Crippen molar-refractivity contribution in [2.45, 2.75) is 26.3 Å². The van der Waals surface area contributed by atoms with Gasteiger partial charge in [0, 0.05) is 17.1 Å². The molecule has 154 valence electrons. The zero-order valence-corrected chi connectivity index (χ0v) is 17.3. The third-order valence-electron chi connectivity index (χ3n) is 4.68. The molecule has 1 aromatic heterocycles. The van der Waals surface area contributed by atoms with Gasteiger partial charge in [-0.25, -0.2) is 9.07 Å². The van der Waals surface area contributed by atoms with Crippen molar-refractivity contribution >= 4 is 35.1 Å². The number of rotatable bonds is 5. The minimum Gasteiger partial charge on any atom is -0.324 e. The average molecular weight is 426 g/mol. The van der Waals surface area contributed by atoms with Gasteiger partial charge in [0.05, 0.1) is 0 Å². The maximum Gasteiger partial charge on any atom is 0.250 e. The molecular weight excluding hydrogens is 405 g/mol. The topological polar surface area (TPSA) is 71.8 Å². The molecule has 1 aliphatic heterocycles. The van der Waals surface area contributed by atoms with Crippen molar-refractivity contribution < 1.29 is 9.18 Å². The highest BCUT2D eigenvalue weighted by Gasteiger charge is 2.26. The molecule has 0 saturated carbocycles. The lowest BCUT2D eigenvalue weighted by Crippen LogP contribution is -2.20. The average Bonchev–Trinajstić information content (AvgIpc) is 3.10. The lowest BCUT2D eigenvalue weighted by molar-refractivity contribution is -0.116. The van der Waals surface area contributed by atoms with E-state index in [0.717, 1.165) is 16.8 Å². The Hall–Kier alpha value is -3.19. The van der Waals surface area contributed by atoms with Crippen molar-refractivity contribution in [1.82, 2.24) is 14.8 Å². The summed E-state index contributed by atoms with van der Waals surface area (Å²) in [6.07, 6.45) is 2.37. The number of carbonyl (C=O) groups excluding carboxylic acids is 1. The van der Waals surface area contributed by atoms with Crippen molar-refractivity contribution in [3.8, 4) is 0 Å². The van der Waals surface area contributed by atoms with Gasteiger partial charge < -0.3 is 5.32 Å². The number of anilines is 2. The Balaban J connectivity index is 1.71. The molecule has 0 unspecified atom stereocenters. The van der Waals surface area contributed by atoms with Crippen LogP contribution in [0.3, 0.4) is 0 Å². The number of carbonyl (C=O) groups is 1. The predicted molar refractivity (Wildman–Crippen MR) is 116 cm³/mol. The highest BCUT2D eigenvalue weighted by Crippen LogP contribution is 2.33. The zero-order valence-electron chi connectivity index (χ0n) is 16.6. The number of benzene rings is 2. The fourth-order valence-corrected chi connectivity index (χ4v) is 3.41. The Morgan fingerprint density at radius 2 is 1.90 bits per heavy atom. The van der Waals surface area contributed by atoms with Crippen LogP contribution >= 0.6 is 11.6 Å². The maximum absolute atomic E-state index is 13.5. The number of nitrogens with zero attached hydrogens (tertiary/aromatic N) is 3. The summed E-state index contributed by atoms with van der Waals surface area (Å²) in [6.45, 7) is 3.94. The third kappa shape index (κ3) is 4.36. The zero-order chi connectivity index (χ0) is 21.3. The number of amides is 1. The number of hydrogen-bond acceptors (Lipinski definition) is 4. The van der Waals surface area contributed by atoms with Gasteiger partial charge in [0.1, 0.15) is 11.9 Å². The van der Waals surface area contributed by atoms with Crippen LogP contribution in [0.5, 0.6) is 0 Å². The molecule has 30 heavy (non-hydrogen) atoms. The van der Waals surface area contributed by atoms with Crippen LogP contribution in [0.25, 0.3) is 5.70 Å². The van der Waals surface area contributed by atoms with E-state index in [0.29, 0.717) is 17.4 Å². The molecular formula is C22H21ClFN5O. The fourth-order valence-electron chi connectivity index (χ4n) is 3.29. The molecule has 6 nitrogen and oxygen atoms in total. The number of aromatic nitrogens is 3. The molecule has 1 amide bonds. The van der Waals surface area contributed by atoms with Gasteiger partial charge in [0.2, 0.25) is 11.9 Å². The second-order valence-electron chi connectivity index (χ2n) is 7.56. The lowest BCUT2D eigenvalue weighted by Gasteiger charge is -2.24. The minimum absolute atomic E-state index is 0.142. The Labute approximate surface area is 178 Å². The molecule has 0 spiro atoms. The van der Waals surface area contributed by atoms with Crippen LogP contribution < -0.4 is 10.6 Å². The Kier molecular flexibility index (Phi) is 5.55. The SMILES string of the molecule is CC(C)CC(=O)Nc1nc2n(n1)[C@@H](c1ccc(F)cc1)C=C(c1ccc(Cl)cc1)N2. The molecule has 0 saturated heterocycles. The standard InChI is InChI=1S/C22H21ClFN5O/c1-13(2)11-20(30)26-21-27-22-25-18(14-3-7-16(23)8-4-14)12-19(29(22)28-21)15-5-9-17(24)10-6-15/h3-10,12-13,19H,11H2,1-2H3,(H2,25,26,27,28,30)/t19-/m1/s1. The highest BCUT2D eigenvalue weighted by atomic mass is 35.5. The normalized spacial score (nSPS) is 15.4. The summed E-state index contributed by atoms with van der Waals surface area (Å²) in [5.74, 6) is 0.482. The summed E-state index contributed by atoms with van der Waals surface area (Å²) >= 11 is 6.02. The molecule has 1 aliphatic rings.